The Bertz CT molecular complexity index is 937. The van der Waals surface area contributed by atoms with Gasteiger partial charge in [-0.15, -0.1) is 0 Å². The second-order valence-electron chi connectivity index (χ2n) is 8.72. The normalized spacial score (nSPS) is 14.7. The summed E-state index contributed by atoms with van der Waals surface area (Å²) < 4.78 is 23.3. The van der Waals surface area contributed by atoms with Gasteiger partial charge in [0.2, 0.25) is 5.90 Å². The molecule has 1 aliphatic rings. The van der Waals surface area contributed by atoms with Gasteiger partial charge in [-0.3, -0.25) is 0 Å². The van der Waals surface area contributed by atoms with Gasteiger partial charge in [0.1, 0.15) is 23.9 Å². The molecule has 0 N–H and O–H groups in total. The molecule has 0 radical (unpaired) electrons. The topological polar surface area (TPSA) is 49.3 Å². The average Bonchev–Trinajstić information content (AvgIpc) is 3.12. The smallest absolute Gasteiger partial charge is 0.217 e. The Morgan fingerprint density at radius 3 is 2.06 bits per heavy atom. The number of unbranched alkanes of at least 4 members (excludes halogenated alkanes) is 2. The molecule has 0 amide bonds. The average molecular weight is 426 g/mol. The number of aliphatic imine (C=N–C) groups is 1. The van der Waals surface area contributed by atoms with Crippen molar-refractivity contribution in [2.24, 2.45) is 4.99 Å². The zero-order chi connectivity index (χ0) is 22.6. The zero-order valence-electron chi connectivity index (χ0n) is 19.9. The quantitative estimate of drug-likeness (QED) is 0.464. The Hall–Kier alpha value is -2.69. The third-order valence-electron chi connectivity index (χ3n) is 5.64. The van der Waals surface area contributed by atoms with Crippen LogP contribution in [0.2, 0.25) is 0 Å². The summed E-state index contributed by atoms with van der Waals surface area (Å²) in [6.45, 7) is 8.93. The van der Waals surface area contributed by atoms with Gasteiger partial charge in [0.05, 0.1) is 32.4 Å². The number of methoxy groups -OCH3 is 3. The molecule has 2 aromatic carbocycles. The molecular formula is C26H35NO4. The highest BCUT2D eigenvalue weighted by Gasteiger charge is 2.30. The number of aryl methyl sites for hydroxylation is 2. The Morgan fingerprint density at radius 1 is 0.903 bits per heavy atom. The van der Waals surface area contributed by atoms with Gasteiger partial charge < -0.3 is 18.9 Å². The van der Waals surface area contributed by atoms with E-state index in [4.69, 9.17) is 23.9 Å². The number of rotatable bonds is 9. The van der Waals surface area contributed by atoms with E-state index in [1.165, 1.54) is 18.4 Å². The Morgan fingerprint density at radius 2 is 1.55 bits per heavy atom. The van der Waals surface area contributed by atoms with Crippen LogP contribution in [0.3, 0.4) is 0 Å². The molecular weight excluding hydrogens is 390 g/mol. The van der Waals surface area contributed by atoms with Crippen molar-refractivity contribution < 1.29 is 18.9 Å². The first kappa shape index (κ1) is 23.0. The van der Waals surface area contributed by atoms with Crippen molar-refractivity contribution in [3.8, 4) is 28.4 Å². The predicted octanol–water partition coefficient (Wildman–Crippen LogP) is 5.98. The molecule has 0 aromatic heterocycles. The standard InChI is InChI=1S/C26H35NO4/c1-8-9-10-11-18-13-22(29-6)24(23(14-18)30-7)19-12-17(2)21(28-5)15-20(19)25-27-26(3,4)16-31-25/h12-15H,8-11,16H2,1-7H3. The highest BCUT2D eigenvalue weighted by atomic mass is 16.5. The van der Waals surface area contributed by atoms with Gasteiger partial charge in [0, 0.05) is 11.1 Å². The maximum absolute atomic E-state index is 6.00. The van der Waals surface area contributed by atoms with Crippen molar-refractivity contribution >= 4 is 5.90 Å². The van der Waals surface area contributed by atoms with Crippen LogP contribution < -0.4 is 14.2 Å². The third kappa shape index (κ3) is 4.97. The van der Waals surface area contributed by atoms with Crippen LogP contribution in [0.15, 0.2) is 29.3 Å². The molecule has 0 saturated heterocycles. The van der Waals surface area contributed by atoms with Crippen molar-refractivity contribution in [3.63, 3.8) is 0 Å². The lowest BCUT2D eigenvalue weighted by Gasteiger charge is -2.19. The van der Waals surface area contributed by atoms with Crippen LogP contribution in [0.25, 0.3) is 11.1 Å². The number of benzene rings is 2. The Balaban J connectivity index is 2.20. The summed E-state index contributed by atoms with van der Waals surface area (Å²) >= 11 is 0. The highest BCUT2D eigenvalue weighted by Crippen LogP contribution is 2.44. The van der Waals surface area contributed by atoms with Gasteiger partial charge >= 0.3 is 0 Å². The van der Waals surface area contributed by atoms with E-state index >= 15 is 0 Å². The van der Waals surface area contributed by atoms with E-state index in [0.29, 0.717) is 12.5 Å². The fourth-order valence-electron chi connectivity index (χ4n) is 3.97. The van der Waals surface area contributed by atoms with Gasteiger partial charge in [-0.1, -0.05) is 19.8 Å². The molecule has 2 aromatic rings. The SMILES string of the molecule is CCCCCc1cc(OC)c(-c2cc(C)c(OC)cc2C2=NC(C)(C)CO2)c(OC)c1. The monoisotopic (exact) mass is 425 g/mol. The van der Waals surface area contributed by atoms with E-state index in [1.54, 1.807) is 21.3 Å². The predicted molar refractivity (Wildman–Crippen MR) is 126 cm³/mol. The van der Waals surface area contributed by atoms with E-state index < -0.39 is 0 Å². The lowest BCUT2D eigenvalue weighted by molar-refractivity contribution is 0.279. The summed E-state index contributed by atoms with van der Waals surface area (Å²) in [7, 11) is 5.09. The van der Waals surface area contributed by atoms with Crippen LogP contribution in [0.4, 0.5) is 0 Å². The summed E-state index contributed by atoms with van der Waals surface area (Å²) in [6, 6.07) is 8.34. The second kappa shape index (κ2) is 9.63. The van der Waals surface area contributed by atoms with Crippen molar-refractivity contribution in [3.05, 3.63) is 41.0 Å². The van der Waals surface area contributed by atoms with Crippen LogP contribution in [-0.2, 0) is 11.2 Å². The molecule has 0 fully saturated rings. The summed E-state index contributed by atoms with van der Waals surface area (Å²) in [5.74, 6) is 2.99. The van der Waals surface area contributed by atoms with Crippen LogP contribution in [-0.4, -0.2) is 39.4 Å². The molecule has 0 spiro atoms. The molecule has 5 nitrogen and oxygen atoms in total. The molecule has 31 heavy (non-hydrogen) atoms. The molecule has 3 rings (SSSR count). The lowest BCUT2D eigenvalue weighted by atomic mass is 9.93. The summed E-state index contributed by atoms with van der Waals surface area (Å²) in [5.41, 5.74) is 4.72. The lowest BCUT2D eigenvalue weighted by Crippen LogP contribution is -2.17. The minimum Gasteiger partial charge on any atom is -0.496 e. The molecule has 0 saturated carbocycles. The first-order chi connectivity index (χ1) is 14.8. The number of hydrogen-bond donors (Lipinski definition) is 0. The molecule has 0 atom stereocenters. The van der Waals surface area contributed by atoms with Gasteiger partial charge in [0.15, 0.2) is 0 Å². The van der Waals surface area contributed by atoms with Crippen LogP contribution in [0.5, 0.6) is 17.2 Å². The Labute approximate surface area is 186 Å². The summed E-state index contributed by atoms with van der Waals surface area (Å²) in [4.78, 5) is 4.82. The van der Waals surface area contributed by atoms with E-state index in [1.807, 2.05) is 13.0 Å². The maximum atomic E-state index is 6.00. The fourth-order valence-corrected chi connectivity index (χ4v) is 3.97. The zero-order valence-corrected chi connectivity index (χ0v) is 19.9. The Kier molecular flexibility index (Phi) is 7.14. The first-order valence-electron chi connectivity index (χ1n) is 11.0. The van der Waals surface area contributed by atoms with Crippen molar-refractivity contribution in [1.82, 2.24) is 0 Å². The van der Waals surface area contributed by atoms with Gasteiger partial charge in [0.25, 0.3) is 0 Å². The van der Waals surface area contributed by atoms with E-state index in [0.717, 1.165) is 52.3 Å². The minimum absolute atomic E-state index is 0.262. The molecule has 1 aliphatic heterocycles. The minimum atomic E-state index is -0.262. The van der Waals surface area contributed by atoms with Gasteiger partial charge in [-0.05, 0) is 69.0 Å². The third-order valence-corrected chi connectivity index (χ3v) is 5.64. The molecule has 1 heterocycles. The van der Waals surface area contributed by atoms with Crippen LogP contribution >= 0.6 is 0 Å². The van der Waals surface area contributed by atoms with Crippen molar-refractivity contribution in [2.75, 3.05) is 27.9 Å². The molecule has 0 aliphatic carbocycles. The molecule has 168 valence electrons. The fraction of sp³-hybridized carbons (Fsp3) is 0.500. The first-order valence-corrected chi connectivity index (χ1v) is 11.0. The van der Waals surface area contributed by atoms with E-state index in [2.05, 4.69) is 39.0 Å². The van der Waals surface area contributed by atoms with Crippen LogP contribution in [0, 0.1) is 6.92 Å². The number of nitrogens with zero attached hydrogens (tertiary/aromatic N) is 1. The summed E-state index contributed by atoms with van der Waals surface area (Å²) in [5, 5.41) is 0. The molecule has 0 unspecified atom stereocenters. The van der Waals surface area contributed by atoms with E-state index in [-0.39, 0.29) is 5.54 Å². The maximum Gasteiger partial charge on any atom is 0.217 e. The molecule has 5 heteroatoms. The number of hydrogen-bond acceptors (Lipinski definition) is 5. The van der Waals surface area contributed by atoms with Crippen LogP contribution in [0.1, 0.15) is 56.7 Å². The van der Waals surface area contributed by atoms with E-state index in [9.17, 15) is 0 Å². The molecule has 0 bridgehead atoms. The summed E-state index contributed by atoms with van der Waals surface area (Å²) in [6.07, 6.45) is 4.55. The van der Waals surface area contributed by atoms with Gasteiger partial charge in [-0.25, -0.2) is 4.99 Å². The van der Waals surface area contributed by atoms with Crippen molar-refractivity contribution in [2.45, 2.75) is 58.9 Å². The number of ether oxygens (including phenoxy) is 4. The van der Waals surface area contributed by atoms with Crippen molar-refractivity contribution in [1.29, 1.82) is 0 Å². The largest absolute Gasteiger partial charge is 0.496 e. The van der Waals surface area contributed by atoms with Gasteiger partial charge in [-0.2, -0.15) is 0 Å². The highest BCUT2D eigenvalue weighted by molar-refractivity contribution is 6.04. The second-order valence-corrected chi connectivity index (χ2v) is 8.72.